The Bertz CT molecular complexity index is 1170. The summed E-state index contributed by atoms with van der Waals surface area (Å²) in [6.07, 6.45) is -2.32. The van der Waals surface area contributed by atoms with Crippen molar-refractivity contribution in [1.82, 2.24) is 15.0 Å². The van der Waals surface area contributed by atoms with Gasteiger partial charge in [0.1, 0.15) is 29.4 Å². The molecule has 0 aliphatic carbocycles. The van der Waals surface area contributed by atoms with Gasteiger partial charge in [0.05, 0.1) is 24.0 Å². The molecule has 3 aromatic rings. The predicted molar refractivity (Wildman–Crippen MR) is 111 cm³/mol. The molecule has 35 heavy (non-hydrogen) atoms. The van der Waals surface area contributed by atoms with Crippen LogP contribution in [-0.2, 0) is 5.92 Å². The van der Waals surface area contributed by atoms with Gasteiger partial charge in [-0.05, 0) is 35.9 Å². The Labute approximate surface area is 193 Å². The second-order valence-electron chi connectivity index (χ2n) is 7.16. The number of hydrazone groups is 1. The fourth-order valence-electron chi connectivity index (χ4n) is 3.19. The number of hydrogen-bond acceptors (Lipinski definition) is 6. The van der Waals surface area contributed by atoms with E-state index in [0.717, 1.165) is 43.0 Å². The molecule has 1 heterocycles. The zero-order chi connectivity index (χ0) is 25.8. The predicted octanol–water partition coefficient (Wildman–Crippen LogP) is 4.27. The number of ether oxygens (including phenoxy) is 1. The number of halogens is 7. The van der Waals surface area contributed by atoms with E-state index in [-0.39, 0.29) is 11.3 Å². The number of nitrogens with zero attached hydrogens (tertiary/aromatic N) is 4. The minimum atomic E-state index is -4.87. The van der Waals surface area contributed by atoms with Gasteiger partial charge in [-0.1, -0.05) is 6.07 Å². The van der Waals surface area contributed by atoms with E-state index in [1.165, 1.54) is 12.1 Å². The van der Waals surface area contributed by atoms with Gasteiger partial charge in [0.2, 0.25) is 0 Å². The van der Waals surface area contributed by atoms with Crippen molar-refractivity contribution < 1.29 is 35.5 Å². The van der Waals surface area contributed by atoms with Crippen LogP contribution in [0.4, 0.5) is 30.7 Å². The molecular formula is C21H17F7N6O. The topological polar surface area (TPSA) is 103 Å². The molecule has 0 fully saturated rings. The van der Waals surface area contributed by atoms with Crippen molar-refractivity contribution in [2.75, 3.05) is 6.54 Å². The number of aromatic nitrogens is 2. The smallest absolute Gasteiger partial charge is 0.406 e. The highest BCUT2D eigenvalue weighted by Gasteiger charge is 2.46. The molecule has 2 aromatic carbocycles. The van der Waals surface area contributed by atoms with Crippen LogP contribution < -0.4 is 16.4 Å². The van der Waals surface area contributed by atoms with E-state index in [2.05, 4.69) is 19.8 Å². The highest BCUT2D eigenvalue weighted by molar-refractivity contribution is 5.59. The fraction of sp³-hybridized carbons (Fsp3) is 0.190. The first-order chi connectivity index (χ1) is 16.4. The minimum absolute atomic E-state index is 0.0725. The summed E-state index contributed by atoms with van der Waals surface area (Å²) in [6.45, 7) is -0.680. The SMILES string of the molecule is N/N=C\N(N)CC(c1ccc(F)cc1F)C(F)(F)c1cnc(-c2ccc(OC(F)(F)F)cc2)cn1. The molecule has 0 bridgehead atoms. The van der Waals surface area contributed by atoms with E-state index >= 15 is 8.78 Å². The summed E-state index contributed by atoms with van der Waals surface area (Å²) in [5.74, 6) is 2.09. The van der Waals surface area contributed by atoms with E-state index in [9.17, 15) is 22.0 Å². The molecule has 0 spiro atoms. The van der Waals surface area contributed by atoms with Crippen LogP contribution in [0.1, 0.15) is 17.2 Å². The molecule has 4 N–H and O–H groups in total. The molecule has 1 atom stereocenters. The molecule has 186 valence electrons. The summed E-state index contributed by atoms with van der Waals surface area (Å²) >= 11 is 0. The third kappa shape index (κ3) is 6.35. The number of hydrazine groups is 1. The molecule has 0 aliphatic heterocycles. The van der Waals surface area contributed by atoms with E-state index in [1.807, 2.05) is 0 Å². The van der Waals surface area contributed by atoms with Crippen molar-refractivity contribution in [3.63, 3.8) is 0 Å². The van der Waals surface area contributed by atoms with E-state index in [4.69, 9.17) is 11.7 Å². The summed E-state index contributed by atoms with van der Waals surface area (Å²) in [5, 5.41) is 3.82. The van der Waals surface area contributed by atoms with E-state index in [0.29, 0.717) is 11.1 Å². The molecule has 7 nitrogen and oxygen atoms in total. The third-order valence-electron chi connectivity index (χ3n) is 4.76. The van der Waals surface area contributed by atoms with Crippen molar-refractivity contribution in [2.45, 2.75) is 18.2 Å². The van der Waals surface area contributed by atoms with Gasteiger partial charge in [0.15, 0.2) is 0 Å². The highest BCUT2D eigenvalue weighted by atomic mass is 19.4. The summed E-state index contributed by atoms with van der Waals surface area (Å²) in [7, 11) is 0. The van der Waals surface area contributed by atoms with Gasteiger partial charge in [-0.2, -0.15) is 13.9 Å². The molecule has 0 aliphatic rings. The summed E-state index contributed by atoms with van der Waals surface area (Å²) in [4.78, 5) is 7.61. The number of alkyl halides is 5. The molecular weight excluding hydrogens is 485 g/mol. The summed E-state index contributed by atoms with van der Waals surface area (Å²) < 4.78 is 99.4. The monoisotopic (exact) mass is 502 g/mol. The second-order valence-corrected chi connectivity index (χ2v) is 7.16. The van der Waals surface area contributed by atoms with Gasteiger partial charge in [-0.15, -0.1) is 13.2 Å². The van der Waals surface area contributed by atoms with Crippen LogP contribution in [-0.4, -0.2) is 34.2 Å². The lowest BCUT2D eigenvalue weighted by Crippen LogP contribution is -2.40. The van der Waals surface area contributed by atoms with Crippen molar-refractivity contribution in [3.8, 4) is 17.0 Å². The molecule has 3 rings (SSSR count). The molecule has 0 amide bonds. The van der Waals surface area contributed by atoms with Crippen LogP contribution in [0, 0.1) is 11.6 Å². The van der Waals surface area contributed by atoms with Crippen LogP contribution in [0.5, 0.6) is 5.75 Å². The average molecular weight is 502 g/mol. The lowest BCUT2D eigenvalue weighted by atomic mass is 9.89. The average Bonchev–Trinajstić information content (AvgIpc) is 2.78. The maximum Gasteiger partial charge on any atom is 0.573 e. The van der Waals surface area contributed by atoms with Crippen LogP contribution in [0.3, 0.4) is 0 Å². The van der Waals surface area contributed by atoms with Crippen molar-refractivity contribution in [2.24, 2.45) is 16.8 Å². The first-order valence-corrected chi connectivity index (χ1v) is 9.67. The van der Waals surface area contributed by atoms with Gasteiger partial charge in [0, 0.05) is 18.2 Å². The Morgan fingerprint density at radius 3 is 2.23 bits per heavy atom. The van der Waals surface area contributed by atoms with Crippen molar-refractivity contribution in [3.05, 3.63) is 77.8 Å². The standard InChI is InChI=1S/C21H17F7N6O/c22-13-3-6-15(17(23)7-13)16(10-34(30)11-33-29)20(24,25)19-9-31-18(8-32-19)12-1-4-14(5-2-12)35-21(26,27)28/h1-9,11,16H,10,29-30H2/b33-11-. The van der Waals surface area contributed by atoms with Gasteiger partial charge in [0.25, 0.3) is 5.92 Å². The lowest BCUT2D eigenvalue weighted by Gasteiger charge is -2.29. The van der Waals surface area contributed by atoms with Crippen LogP contribution in [0.15, 0.2) is 60.0 Å². The zero-order valence-electron chi connectivity index (χ0n) is 17.6. The van der Waals surface area contributed by atoms with Crippen molar-refractivity contribution in [1.29, 1.82) is 0 Å². The van der Waals surface area contributed by atoms with Crippen LogP contribution >= 0.6 is 0 Å². The maximum atomic E-state index is 15.5. The largest absolute Gasteiger partial charge is 0.573 e. The molecule has 0 saturated carbocycles. The molecule has 1 unspecified atom stereocenters. The number of nitrogens with two attached hydrogens (primary N) is 2. The number of rotatable bonds is 8. The Hall–Kier alpha value is -3.94. The Kier molecular flexibility index (Phi) is 7.43. The highest BCUT2D eigenvalue weighted by Crippen LogP contribution is 2.42. The van der Waals surface area contributed by atoms with Crippen LogP contribution in [0.2, 0.25) is 0 Å². The second kappa shape index (κ2) is 10.1. The summed E-state index contributed by atoms with van der Waals surface area (Å²) in [6, 6.07) is 6.65. The molecule has 0 radical (unpaired) electrons. The third-order valence-corrected chi connectivity index (χ3v) is 4.76. The molecule has 1 aromatic heterocycles. The lowest BCUT2D eigenvalue weighted by molar-refractivity contribution is -0.274. The summed E-state index contributed by atoms with van der Waals surface area (Å²) in [5.41, 5.74) is -1.05. The van der Waals surface area contributed by atoms with Crippen LogP contribution in [0.25, 0.3) is 11.3 Å². The first-order valence-electron chi connectivity index (χ1n) is 9.67. The first kappa shape index (κ1) is 25.7. The van der Waals surface area contributed by atoms with E-state index < -0.39 is 53.4 Å². The Morgan fingerprint density at radius 2 is 1.69 bits per heavy atom. The maximum absolute atomic E-state index is 15.5. The quantitative estimate of drug-likeness (QED) is 0.157. The van der Waals surface area contributed by atoms with Gasteiger partial charge in [-0.25, -0.2) is 14.6 Å². The van der Waals surface area contributed by atoms with Gasteiger partial charge < -0.3 is 10.6 Å². The minimum Gasteiger partial charge on any atom is -0.406 e. The van der Waals surface area contributed by atoms with Crippen molar-refractivity contribution >= 4 is 6.34 Å². The molecule has 14 heteroatoms. The van der Waals surface area contributed by atoms with Gasteiger partial charge >= 0.3 is 6.36 Å². The van der Waals surface area contributed by atoms with E-state index in [1.54, 1.807) is 0 Å². The number of benzene rings is 2. The normalized spacial score (nSPS) is 13.1. The fourth-order valence-corrected chi connectivity index (χ4v) is 3.19. The zero-order valence-corrected chi connectivity index (χ0v) is 17.6. The Balaban J connectivity index is 1.91. The molecule has 0 saturated heterocycles. The van der Waals surface area contributed by atoms with Gasteiger partial charge in [-0.3, -0.25) is 15.0 Å². The Morgan fingerprint density at radius 1 is 1.00 bits per heavy atom. The number of hydrogen-bond donors (Lipinski definition) is 2.